The van der Waals surface area contributed by atoms with Crippen molar-refractivity contribution in [2.45, 2.75) is 25.4 Å². The molecule has 1 aliphatic rings. The lowest BCUT2D eigenvalue weighted by atomic mass is 10.1. The van der Waals surface area contributed by atoms with E-state index in [1.54, 1.807) is 6.33 Å². The van der Waals surface area contributed by atoms with Gasteiger partial charge in [-0.05, 0) is 36.6 Å². The van der Waals surface area contributed by atoms with Crippen molar-refractivity contribution in [2.75, 3.05) is 0 Å². The Balaban J connectivity index is 1.62. The van der Waals surface area contributed by atoms with Crippen LogP contribution in [-0.4, -0.2) is 26.8 Å². The molecule has 0 spiro atoms. The first-order chi connectivity index (χ1) is 10.8. The van der Waals surface area contributed by atoms with E-state index in [4.69, 9.17) is 0 Å². The van der Waals surface area contributed by atoms with Gasteiger partial charge in [0.25, 0.3) is 5.91 Å². The number of amides is 1. The second-order valence-corrected chi connectivity index (χ2v) is 5.78. The molecule has 4 heteroatoms. The van der Waals surface area contributed by atoms with Gasteiger partial charge in [0, 0.05) is 18.2 Å². The summed E-state index contributed by atoms with van der Waals surface area (Å²) >= 11 is 0. The van der Waals surface area contributed by atoms with Crippen molar-refractivity contribution in [3.63, 3.8) is 0 Å². The summed E-state index contributed by atoms with van der Waals surface area (Å²) in [5.41, 5.74) is 3.68. The van der Waals surface area contributed by atoms with E-state index < -0.39 is 0 Å². The predicted molar refractivity (Wildman–Crippen MR) is 85.4 cm³/mol. The molecular weight excluding hydrogens is 274 g/mol. The van der Waals surface area contributed by atoms with Crippen LogP contribution in [0.15, 0.2) is 54.9 Å². The first kappa shape index (κ1) is 13.1. The Morgan fingerprint density at radius 1 is 1.18 bits per heavy atom. The van der Waals surface area contributed by atoms with Crippen LogP contribution in [0.1, 0.15) is 28.8 Å². The fraction of sp³-hybridized carbons (Fsp3) is 0.222. The fourth-order valence-corrected chi connectivity index (χ4v) is 2.77. The maximum atomic E-state index is 12.9. The highest BCUT2D eigenvalue weighted by Gasteiger charge is 2.33. The molecule has 3 aromatic rings. The standard InChI is InChI=1S/C18H17N3O/c22-18(14-6-9-16-17(10-14)20-12-19-16)21(15-7-8-15)11-13-4-2-1-3-5-13/h1-6,9-10,12,15H,7-8,11H2,(H,19,20). The van der Waals surface area contributed by atoms with Crippen LogP contribution in [0.25, 0.3) is 11.0 Å². The molecule has 1 aliphatic carbocycles. The molecule has 2 aromatic carbocycles. The third-order valence-corrected chi connectivity index (χ3v) is 4.11. The zero-order chi connectivity index (χ0) is 14.9. The minimum absolute atomic E-state index is 0.0999. The average molecular weight is 291 g/mol. The van der Waals surface area contributed by atoms with Crippen LogP contribution >= 0.6 is 0 Å². The first-order valence-electron chi connectivity index (χ1n) is 7.59. The van der Waals surface area contributed by atoms with Gasteiger partial charge in [-0.2, -0.15) is 0 Å². The van der Waals surface area contributed by atoms with Crippen LogP contribution < -0.4 is 0 Å². The normalized spacial score (nSPS) is 14.2. The monoisotopic (exact) mass is 291 g/mol. The third-order valence-electron chi connectivity index (χ3n) is 4.11. The van der Waals surface area contributed by atoms with Crippen molar-refractivity contribution in [1.82, 2.24) is 14.9 Å². The topological polar surface area (TPSA) is 49.0 Å². The lowest BCUT2D eigenvalue weighted by Gasteiger charge is -2.22. The number of H-pyrrole nitrogens is 1. The van der Waals surface area contributed by atoms with Gasteiger partial charge in [-0.25, -0.2) is 4.98 Å². The van der Waals surface area contributed by atoms with E-state index in [1.165, 1.54) is 5.56 Å². The minimum atomic E-state index is 0.0999. The number of rotatable bonds is 4. The smallest absolute Gasteiger partial charge is 0.254 e. The van der Waals surface area contributed by atoms with E-state index in [0.717, 1.165) is 29.4 Å². The van der Waals surface area contributed by atoms with Gasteiger partial charge in [0.15, 0.2) is 0 Å². The number of nitrogens with one attached hydrogen (secondary N) is 1. The molecule has 1 fully saturated rings. The highest BCUT2D eigenvalue weighted by Crippen LogP contribution is 2.30. The SMILES string of the molecule is O=C(c1ccc2nc[nH]c2c1)N(Cc1ccccc1)C1CC1. The number of carbonyl (C=O) groups excluding carboxylic acids is 1. The van der Waals surface area contributed by atoms with Crippen molar-refractivity contribution in [3.8, 4) is 0 Å². The highest BCUT2D eigenvalue weighted by atomic mass is 16.2. The van der Waals surface area contributed by atoms with E-state index >= 15 is 0 Å². The summed E-state index contributed by atoms with van der Waals surface area (Å²) in [6.45, 7) is 0.672. The van der Waals surface area contributed by atoms with Gasteiger partial charge in [-0.15, -0.1) is 0 Å². The summed E-state index contributed by atoms with van der Waals surface area (Å²) in [6.07, 6.45) is 3.86. The Morgan fingerprint density at radius 2 is 2.00 bits per heavy atom. The molecule has 4 nitrogen and oxygen atoms in total. The average Bonchev–Trinajstić information content (AvgIpc) is 3.29. The number of benzene rings is 2. The molecule has 4 rings (SSSR count). The van der Waals surface area contributed by atoms with Crippen molar-refractivity contribution in [3.05, 3.63) is 66.0 Å². The molecular formula is C18H17N3O. The van der Waals surface area contributed by atoms with Crippen LogP contribution in [0.5, 0.6) is 0 Å². The van der Waals surface area contributed by atoms with Gasteiger partial charge in [-0.3, -0.25) is 4.79 Å². The lowest BCUT2D eigenvalue weighted by molar-refractivity contribution is 0.0730. The number of carbonyl (C=O) groups is 1. The molecule has 0 radical (unpaired) electrons. The van der Waals surface area contributed by atoms with Crippen molar-refractivity contribution < 1.29 is 4.79 Å². The van der Waals surface area contributed by atoms with Crippen molar-refractivity contribution in [2.24, 2.45) is 0 Å². The number of fused-ring (bicyclic) bond motifs is 1. The second kappa shape index (κ2) is 5.30. The lowest BCUT2D eigenvalue weighted by Crippen LogP contribution is -2.32. The number of aromatic nitrogens is 2. The Hall–Kier alpha value is -2.62. The van der Waals surface area contributed by atoms with Crippen LogP contribution in [-0.2, 0) is 6.54 Å². The van der Waals surface area contributed by atoms with Gasteiger partial charge in [0.1, 0.15) is 0 Å². The van der Waals surface area contributed by atoms with E-state index in [1.807, 2.05) is 41.3 Å². The molecule has 22 heavy (non-hydrogen) atoms. The molecule has 0 saturated heterocycles. The molecule has 1 aromatic heterocycles. The summed E-state index contributed by atoms with van der Waals surface area (Å²) in [5, 5.41) is 0. The molecule has 0 unspecified atom stereocenters. The van der Waals surface area contributed by atoms with Crippen LogP contribution in [0.2, 0.25) is 0 Å². The Labute approximate surface area is 128 Å². The zero-order valence-electron chi connectivity index (χ0n) is 12.2. The van der Waals surface area contributed by atoms with Gasteiger partial charge in [0.05, 0.1) is 17.4 Å². The summed E-state index contributed by atoms with van der Waals surface area (Å²) in [7, 11) is 0. The maximum absolute atomic E-state index is 12.9. The van der Waals surface area contributed by atoms with Gasteiger partial charge in [0.2, 0.25) is 0 Å². The molecule has 1 saturated carbocycles. The third kappa shape index (κ3) is 2.48. The second-order valence-electron chi connectivity index (χ2n) is 5.78. The summed E-state index contributed by atoms with van der Waals surface area (Å²) in [4.78, 5) is 22.1. The van der Waals surface area contributed by atoms with Crippen LogP contribution in [0, 0.1) is 0 Å². The maximum Gasteiger partial charge on any atom is 0.254 e. The molecule has 110 valence electrons. The highest BCUT2D eigenvalue weighted by molar-refractivity contribution is 5.97. The summed E-state index contributed by atoms with van der Waals surface area (Å²) < 4.78 is 0. The van der Waals surface area contributed by atoms with Gasteiger partial charge < -0.3 is 9.88 Å². The molecule has 0 aliphatic heterocycles. The van der Waals surface area contributed by atoms with Crippen molar-refractivity contribution >= 4 is 16.9 Å². The number of imidazole rings is 1. The number of nitrogens with zero attached hydrogens (tertiary/aromatic N) is 2. The predicted octanol–water partition coefficient (Wildman–Crippen LogP) is 3.37. The van der Waals surface area contributed by atoms with Gasteiger partial charge >= 0.3 is 0 Å². The first-order valence-corrected chi connectivity index (χ1v) is 7.59. The zero-order valence-corrected chi connectivity index (χ0v) is 12.2. The minimum Gasteiger partial charge on any atom is -0.345 e. The summed E-state index contributed by atoms with van der Waals surface area (Å²) in [5.74, 6) is 0.0999. The Bertz CT molecular complexity index is 805. The van der Waals surface area contributed by atoms with E-state index in [2.05, 4.69) is 22.1 Å². The van der Waals surface area contributed by atoms with Crippen LogP contribution in [0.4, 0.5) is 0 Å². The number of hydrogen-bond acceptors (Lipinski definition) is 2. The molecule has 1 N–H and O–H groups in total. The quantitative estimate of drug-likeness (QED) is 0.801. The van der Waals surface area contributed by atoms with Crippen molar-refractivity contribution in [1.29, 1.82) is 0 Å². The molecule has 1 amide bonds. The molecule has 0 bridgehead atoms. The largest absolute Gasteiger partial charge is 0.345 e. The van der Waals surface area contributed by atoms with E-state index in [9.17, 15) is 4.79 Å². The van der Waals surface area contributed by atoms with E-state index in [-0.39, 0.29) is 5.91 Å². The van der Waals surface area contributed by atoms with Gasteiger partial charge in [-0.1, -0.05) is 30.3 Å². The Morgan fingerprint density at radius 3 is 2.77 bits per heavy atom. The summed E-state index contributed by atoms with van der Waals surface area (Å²) in [6, 6.07) is 16.2. The van der Waals surface area contributed by atoms with E-state index in [0.29, 0.717) is 12.6 Å². The molecule has 1 heterocycles. The number of aromatic amines is 1. The Kier molecular flexibility index (Phi) is 3.15. The molecule has 0 atom stereocenters. The fourth-order valence-electron chi connectivity index (χ4n) is 2.77. The number of hydrogen-bond donors (Lipinski definition) is 1. The van der Waals surface area contributed by atoms with Crippen LogP contribution in [0.3, 0.4) is 0 Å².